The van der Waals surface area contributed by atoms with Crippen molar-refractivity contribution in [3.8, 4) is 11.3 Å². The lowest BCUT2D eigenvalue weighted by molar-refractivity contribution is 0.999. The maximum Gasteiger partial charge on any atom is 0.287 e. The van der Waals surface area contributed by atoms with Crippen LogP contribution in [0.1, 0.15) is 0 Å². The topological polar surface area (TPSA) is 84.7 Å². The maximum absolute atomic E-state index is 10.9. The van der Waals surface area contributed by atoms with Crippen molar-refractivity contribution in [2.24, 2.45) is 0 Å². The Bertz CT molecular complexity index is 492. The van der Waals surface area contributed by atoms with Crippen molar-refractivity contribution in [3.63, 3.8) is 0 Å². The van der Waals surface area contributed by atoms with Crippen molar-refractivity contribution in [1.82, 2.24) is 15.2 Å². The van der Waals surface area contributed by atoms with Gasteiger partial charge in [-0.2, -0.15) is 5.10 Å². The number of rotatable bonds is 1. The number of hydrogen-bond donors (Lipinski definition) is 2. The van der Waals surface area contributed by atoms with Gasteiger partial charge in [-0.1, -0.05) is 0 Å². The molecule has 0 aliphatic carbocycles. The summed E-state index contributed by atoms with van der Waals surface area (Å²) in [6.45, 7) is 0. The Morgan fingerprint density at radius 2 is 2.00 bits per heavy atom. The first-order valence-corrected chi connectivity index (χ1v) is 4.03. The van der Waals surface area contributed by atoms with Gasteiger partial charge in [-0.15, -0.1) is 0 Å². The normalized spacial score (nSPS) is 10.0. The highest BCUT2D eigenvalue weighted by molar-refractivity contribution is 5.61. The second-order valence-corrected chi connectivity index (χ2v) is 2.77. The zero-order valence-electron chi connectivity index (χ0n) is 7.27. The van der Waals surface area contributed by atoms with E-state index < -0.39 is 0 Å². The number of H-pyrrole nitrogens is 1. The van der Waals surface area contributed by atoms with E-state index in [1.165, 1.54) is 6.07 Å². The number of aromatic nitrogens is 3. The molecule has 0 aromatic carbocycles. The Morgan fingerprint density at radius 1 is 1.29 bits per heavy atom. The summed E-state index contributed by atoms with van der Waals surface area (Å²) in [6, 6.07) is 5.12. The van der Waals surface area contributed by atoms with Gasteiger partial charge in [0.2, 0.25) is 0 Å². The van der Waals surface area contributed by atoms with Crippen LogP contribution >= 0.6 is 0 Å². The molecule has 0 spiro atoms. The largest absolute Gasteiger partial charge is 0.394 e. The molecular formula is C9H8N4O. The number of hydrogen-bond acceptors (Lipinski definition) is 4. The molecule has 0 saturated heterocycles. The summed E-state index contributed by atoms with van der Waals surface area (Å²) in [7, 11) is 0. The lowest BCUT2D eigenvalue weighted by Gasteiger charge is -1.99. The van der Waals surface area contributed by atoms with Gasteiger partial charge in [0.05, 0.1) is 5.69 Å². The lowest BCUT2D eigenvalue weighted by atomic mass is 10.2. The molecule has 2 heterocycles. The fraction of sp³-hybridized carbons (Fsp3) is 0. The molecule has 2 rings (SSSR count). The van der Waals surface area contributed by atoms with E-state index in [0.29, 0.717) is 5.69 Å². The molecule has 0 fully saturated rings. The number of aromatic amines is 1. The zero-order valence-corrected chi connectivity index (χ0v) is 7.27. The van der Waals surface area contributed by atoms with E-state index >= 15 is 0 Å². The van der Waals surface area contributed by atoms with E-state index in [2.05, 4.69) is 15.2 Å². The third-order valence-corrected chi connectivity index (χ3v) is 1.81. The van der Waals surface area contributed by atoms with E-state index in [0.717, 1.165) is 5.56 Å². The summed E-state index contributed by atoms with van der Waals surface area (Å²) in [5.74, 6) is 0. The molecule has 5 nitrogen and oxygen atoms in total. The van der Waals surface area contributed by atoms with Crippen LogP contribution in [0.15, 0.2) is 35.4 Å². The quantitative estimate of drug-likeness (QED) is 0.679. The molecule has 14 heavy (non-hydrogen) atoms. The van der Waals surface area contributed by atoms with E-state index in [4.69, 9.17) is 5.73 Å². The molecule has 2 aromatic rings. The van der Waals surface area contributed by atoms with Gasteiger partial charge in [-0.05, 0) is 18.2 Å². The molecule has 0 aliphatic heterocycles. The molecule has 0 unspecified atom stereocenters. The SMILES string of the molecule is Nc1cc(-c2ccncc2)n[nH]c1=O. The molecule has 0 atom stereocenters. The minimum Gasteiger partial charge on any atom is -0.394 e. The Kier molecular flexibility index (Phi) is 1.98. The number of nitrogens with two attached hydrogens (primary N) is 1. The zero-order chi connectivity index (χ0) is 9.97. The second-order valence-electron chi connectivity index (χ2n) is 2.77. The molecule has 3 N–H and O–H groups in total. The highest BCUT2D eigenvalue weighted by atomic mass is 16.1. The van der Waals surface area contributed by atoms with Crippen molar-refractivity contribution in [1.29, 1.82) is 0 Å². The molecule has 0 saturated carbocycles. The Hall–Kier alpha value is -2.17. The number of anilines is 1. The first-order chi connectivity index (χ1) is 6.77. The van der Waals surface area contributed by atoms with Gasteiger partial charge in [-0.25, -0.2) is 5.10 Å². The fourth-order valence-electron chi connectivity index (χ4n) is 1.09. The van der Waals surface area contributed by atoms with Gasteiger partial charge in [0, 0.05) is 18.0 Å². The van der Waals surface area contributed by atoms with Gasteiger partial charge in [0.15, 0.2) is 0 Å². The minimum absolute atomic E-state index is 0.159. The molecule has 0 amide bonds. The van der Waals surface area contributed by atoms with Crippen LogP contribution < -0.4 is 11.3 Å². The summed E-state index contributed by atoms with van der Waals surface area (Å²) >= 11 is 0. The van der Waals surface area contributed by atoms with Crippen molar-refractivity contribution in [2.75, 3.05) is 5.73 Å². The van der Waals surface area contributed by atoms with Crippen molar-refractivity contribution < 1.29 is 0 Å². The molecule has 0 bridgehead atoms. The average Bonchev–Trinajstić information content (AvgIpc) is 2.23. The number of pyridine rings is 1. The Morgan fingerprint density at radius 3 is 2.64 bits per heavy atom. The van der Waals surface area contributed by atoms with Gasteiger partial charge < -0.3 is 5.73 Å². The van der Waals surface area contributed by atoms with E-state index in [1.54, 1.807) is 24.5 Å². The van der Waals surface area contributed by atoms with E-state index in [-0.39, 0.29) is 11.2 Å². The summed E-state index contributed by atoms with van der Waals surface area (Å²) in [6.07, 6.45) is 3.30. The van der Waals surface area contributed by atoms with Gasteiger partial charge in [-0.3, -0.25) is 9.78 Å². The van der Waals surface area contributed by atoms with Crippen LogP contribution in [0.25, 0.3) is 11.3 Å². The lowest BCUT2D eigenvalue weighted by Crippen LogP contribution is -2.13. The Labute approximate surface area is 79.6 Å². The molecule has 2 aromatic heterocycles. The predicted octanol–water partition coefficient (Wildman–Crippen LogP) is 0.414. The van der Waals surface area contributed by atoms with Crippen LogP contribution in [0.3, 0.4) is 0 Å². The van der Waals surface area contributed by atoms with Crippen LogP contribution in [-0.2, 0) is 0 Å². The standard InChI is InChI=1S/C9H8N4O/c10-7-5-8(12-13-9(7)14)6-1-3-11-4-2-6/h1-5H,(H2,10,12)(H,13,14). The minimum atomic E-state index is -0.372. The van der Waals surface area contributed by atoms with E-state index in [1.807, 2.05) is 0 Å². The first-order valence-electron chi connectivity index (χ1n) is 4.03. The highest BCUT2D eigenvalue weighted by Gasteiger charge is 2.01. The van der Waals surface area contributed by atoms with Crippen LogP contribution in [0.2, 0.25) is 0 Å². The Balaban J connectivity index is 2.54. The average molecular weight is 188 g/mol. The van der Waals surface area contributed by atoms with Crippen LogP contribution in [-0.4, -0.2) is 15.2 Å². The smallest absolute Gasteiger partial charge is 0.287 e. The van der Waals surface area contributed by atoms with Crippen LogP contribution in [0, 0.1) is 0 Å². The predicted molar refractivity (Wildman–Crippen MR) is 52.5 cm³/mol. The van der Waals surface area contributed by atoms with E-state index in [9.17, 15) is 4.79 Å². The highest BCUT2D eigenvalue weighted by Crippen LogP contribution is 2.14. The molecule has 5 heteroatoms. The van der Waals surface area contributed by atoms with Gasteiger partial charge in [0.1, 0.15) is 5.69 Å². The molecular weight excluding hydrogens is 180 g/mol. The molecule has 70 valence electrons. The first kappa shape index (κ1) is 8.43. The monoisotopic (exact) mass is 188 g/mol. The third-order valence-electron chi connectivity index (χ3n) is 1.81. The van der Waals surface area contributed by atoms with Gasteiger partial charge >= 0.3 is 0 Å². The number of nitrogens with zero attached hydrogens (tertiary/aromatic N) is 2. The maximum atomic E-state index is 10.9. The summed E-state index contributed by atoms with van der Waals surface area (Å²) in [5.41, 5.74) is 6.74. The van der Waals surface area contributed by atoms with Crippen molar-refractivity contribution >= 4 is 5.69 Å². The number of nitrogens with one attached hydrogen (secondary N) is 1. The summed E-state index contributed by atoms with van der Waals surface area (Å²) in [4.78, 5) is 14.8. The van der Waals surface area contributed by atoms with Crippen LogP contribution in [0.4, 0.5) is 5.69 Å². The molecule has 0 radical (unpaired) electrons. The van der Waals surface area contributed by atoms with Crippen molar-refractivity contribution in [2.45, 2.75) is 0 Å². The fourth-order valence-corrected chi connectivity index (χ4v) is 1.09. The van der Waals surface area contributed by atoms with Crippen LogP contribution in [0.5, 0.6) is 0 Å². The molecule has 0 aliphatic rings. The number of nitrogen functional groups attached to an aromatic ring is 1. The summed E-state index contributed by atoms with van der Waals surface area (Å²) < 4.78 is 0. The van der Waals surface area contributed by atoms with Gasteiger partial charge in [0.25, 0.3) is 5.56 Å². The second kappa shape index (κ2) is 3.29. The van der Waals surface area contributed by atoms with Crippen molar-refractivity contribution in [3.05, 3.63) is 40.9 Å². The summed E-state index contributed by atoms with van der Waals surface area (Å²) in [5, 5.41) is 6.18. The third kappa shape index (κ3) is 1.47.